The van der Waals surface area contributed by atoms with Crippen LogP contribution in [-0.2, 0) is 41.6 Å². The average Bonchev–Trinajstić information content (AvgIpc) is 3.37. The number of phenols is 1. The van der Waals surface area contributed by atoms with Crippen LogP contribution < -0.4 is 27.4 Å². The monoisotopic (exact) mass is 610 g/mol. The lowest BCUT2D eigenvalue weighted by molar-refractivity contribution is -0.143. The molecule has 0 saturated carbocycles. The summed E-state index contributed by atoms with van der Waals surface area (Å²) in [7, 11) is 0. The number of phenolic OH excluding ortho intramolecular Hbond substituents is 1. The quantitative estimate of drug-likeness (QED) is 0.0980. The fourth-order valence-corrected chi connectivity index (χ4v) is 4.47. The molecule has 0 spiro atoms. The summed E-state index contributed by atoms with van der Waals surface area (Å²) in [5, 5.41) is 35.9. The Morgan fingerprint density at radius 1 is 0.795 bits per heavy atom. The number of primary amides is 1. The lowest BCUT2D eigenvalue weighted by atomic mass is 10.0. The number of fused-ring (bicyclic) bond motifs is 1. The molecule has 15 nitrogen and oxygen atoms in total. The van der Waals surface area contributed by atoms with Gasteiger partial charge in [0.1, 0.15) is 23.9 Å². The third-order valence-electron chi connectivity index (χ3n) is 6.76. The largest absolute Gasteiger partial charge is 0.508 e. The highest BCUT2D eigenvalue weighted by Gasteiger charge is 2.31. The van der Waals surface area contributed by atoms with Gasteiger partial charge in [0.05, 0.1) is 12.5 Å². The van der Waals surface area contributed by atoms with Gasteiger partial charge in [-0.3, -0.25) is 24.0 Å². The van der Waals surface area contributed by atoms with Gasteiger partial charge in [0.25, 0.3) is 0 Å². The Bertz CT molecular complexity index is 1520. The van der Waals surface area contributed by atoms with E-state index in [0.717, 1.165) is 16.5 Å². The first kappa shape index (κ1) is 33.1. The maximum absolute atomic E-state index is 13.3. The molecule has 0 bridgehead atoms. The SMILES string of the molecule is NC(=O)CC(NC(=O)C(N)Cc1c[nH]c2ccccc12)C(=O)NC(Cc1ccc(O)cc1)C(=O)NC(CCC(=O)O)C(=O)O. The van der Waals surface area contributed by atoms with Crippen LogP contribution in [-0.4, -0.2) is 80.0 Å². The van der Waals surface area contributed by atoms with Crippen LogP contribution >= 0.6 is 0 Å². The molecule has 1 aromatic heterocycles. The molecule has 234 valence electrons. The number of nitrogens with two attached hydrogens (primary N) is 2. The number of aromatic hydroxyl groups is 1. The van der Waals surface area contributed by atoms with E-state index in [1.807, 2.05) is 24.3 Å². The second kappa shape index (κ2) is 15.2. The average molecular weight is 611 g/mol. The van der Waals surface area contributed by atoms with E-state index in [-0.39, 0.29) is 18.6 Å². The molecule has 0 aliphatic heterocycles. The number of H-pyrrole nitrogens is 1. The Balaban J connectivity index is 1.77. The van der Waals surface area contributed by atoms with Crippen molar-refractivity contribution in [3.8, 4) is 5.75 Å². The Kier molecular flexibility index (Phi) is 11.4. The minimum atomic E-state index is -1.58. The van der Waals surface area contributed by atoms with E-state index in [9.17, 15) is 39.0 Å². The summed E-state index contributed by atoms with van der Waals surface area (Å²) in [5.41, 5.74) is 13.5. The summed E-state index contributed by atoms with van der Waals surface area (Å²) in [6.45, 7) is 0. The number of carbonyl (C=O) groups excluding carboxylic acids is 4. The fourth-order valence-electron chi connectivity index (χ4n) is 4.47. The molecule has 4 unspecified atom stereocenters. The zero-order valence-corrected chi connectivity index (χ0v) is 23.5. The van der Waals surface area contributed by atoms with Crippen molar-refractivity contribution in [3.05, 3.63) is 65.9 Å². The number of carbonyl (C=O) groups is 6. The standard InChI is InChI=1S/C29H34N6O9/c30-19(12-16-14-32-20-4-2-1-3-18(16)20)26(40)34-23(13-24(31)37)28(42)35-22(11-15-5-7-17(36)8-6-15)27(41)33-21(29(43)44)9-10-25(38)39/h1-8,14,19,21-23,32,36H,9-13,30H2,(H2,31,37)(H,33,41)(H,34,40)(H,35,42)(H,38,39)(H,43,44). The third kappa shape index (κ3) is 9.55. The molecule has 3 rings (SSSR count). The predicted octanol–water partition coefficient (Wildman–Crippen LogP) is -0.735. The van der Waals surface area contributed by atoms with E-state index >= 15 is 0 Å². The molecule has 11 N–H and O–H groups in total. The van der Waals surface area contributed by atoms with E-state index in [2.05, 4.69) is 20.9 Å². The molecular weight excluding hydrogens is 576 g/mol. The van der Waals surface area contributed by atoms with Gasteiger partial charge in [-0.25, -0.2) is 4.79 Å². The predicted molar refractivity (Wildman–Crippen MR) is 156 cm³/mol. The fraction of sp³-hybridized carbons (Fsp3) is 0.310. The van der Waals surface area contributed by atoms with Crippen LogP contribution in [0.15, 0.2) is 54.7 Å². The van der Waals surface area contributed by atoms with Gasteiger partial charge in [-0.05, 0) is 42.2 Å². The summed E-state index contributed by atoms with van der Waals surface area (Å²) in [4.78, 5) is 77.0. The zero-order chi connectivity index (χ0) is 32.4. The Labute approximate surface area is 251 Å². The molecule has 0 saturated heterocycles. The summed E-state index contributed by atoms with van der Waals surface area (Å²) in [6, 6.07) is 7.30. The maximum Gasteiger partial charge on any atom is 0.326 e. The van der Waals surface area contributed by atoms with Crippen molar-refractivity contribution in [2.45, 2.75) is 56.3 Å². The molecule has 1 heterocycles. The molecule has 0 aliphatic carbocycles. The molecule has 2 aromatic carbocycles. The molecule has 44 heavy (non-hydrogen) atoms. The number of hydrogen-bond donors (Lipinski definition) is 9. The molecular formula is C29H34N6O9. The van der Waals surface area contributed by atoms with Gasteiger partial charge in [0.15, 0.2) is 0 Å². The van der Waals surface area contributed by atoms with Crippen molar-refractivity contribution in [1.29, 1.82) is 0 Å². The number of hydrogen-bond acceptors (Lipinski definition) is 8. The zero-order valence-electron chi connectivity index (χ0n) is 23.5. The summed E-state index contributed by atoms with van der Waals surface area (Å²) >= 11 is 0. The van der Waals surface area contributed by atoms with E-state index in [4.69, 9.17) is 16.6 Å². The molecule has 3 aromatic rings. The highest BCUT2D eigenvalue weighted by molar-refractivity contribution is 5.96. The highest BCUT2D eigenvalue weighted by atomic mass is 16.4. The summed E-state index contributed by atoms with van der Waals surface area (Å²) in [6.07, 6.45) is 0.00277. The lowest BCUT2D eigenvalue weighted by Crippen LogP contribution is -2.58. The van der Waals surface area contributed by atoms with E-state index in [1.54, 1.807) is 6.20 Å². The van der Waals surface area contributed by atoms with Crippen LogP contribution in [0.25, 0.3) is 10.9 Å². The Hall–Kier alpha value is -5.44. The van der Waals surface area contributed by atoms with Crippen molar-refractivity contribution in [2.24, 2.45) is 11.5 Å². The lowest BCUT2D eigenvalue weighted by Gasteiger charge is -2.25. The van der Waals surface area contributed by atoms with Crippen molar-refractivity contribution >= 4 is 46.5 Å². The van der Waals surface area contributed by atoms with E-state index in [0.29, 0.717) is 5.56 Å². The third-order valence-corrected chi connectivity index (χ3v) is 6.76. The minimum Gasteiger partial charge on any atom is -0.508 e. The first-order valence-electron chi connectivity index (χ1n) is 13.6. The minimum absolute atomic E-state index is 0.0633. The van der Waals surface area contributed by atoms with Crippen LogP contribution in [0.1, 0.15) is 30.4 Å². The van der Waals surface area contributed by atoms with Gasteiger partial charge < -0.3 is 47.7 Å². The number of carboxylic acids is 2. The van der Waals surface area contributed by atoms with Crippen LogP contribution in [0, 0.1) is 0 Å². The number of para-hydroxylation sites is 1. The molecule has 0 fully saturated rings. The molecule has 4 atom stereocenters. The Morgan fingerprint density at radius 3 is 2.05 bits per heavy atom. The number of aromatic nitrogens is 1. The van der Waals surface area contributed by atoms with Gasteiger partial charge in [0.2, 0.25) is 23.6 Å². The number of benzene rings is 2. The highest BCUT2D eigenvalue weighted by Crippen LogP contribution is 2.19. The van der Waals surface area contributed by atoms with Crippen molar-refractivity contribution in [2.75, 3.05) is 0 Å². The maximum atomic E-state index is 13.3. The topological polar surface area (TPSA) is 267 Å². The summed E-state index contributed by atoms with van der Waals surface area (Å²) < 4.78 is 0. The van der Waals surface area contributed by atoms with Crippen molar-refractivity contribution in [3.63, 3.8) is 0 Å². The van der Waals surface area contributed by atoms with Crippen LogP contribution in [0.4, 0.5) is 0 Å². The molecule has 0 radical (unpaired) electrons. The van der Waals surface area contributed by atoms with E-state index < -0.39 is 79.0 Å². The second-order valence-electron chi connectivity index (χ2n) is 10.2. The van der Waals surface area contributed by atoms with Crippen LogP contribution in [0.2, 0.25) is 0 Å². The van der Waals surface area contributed by atoms with E-state index in [1.165, 1.54) is 24.3 Å². The van der Waals surface area contributed by atoms with Gasteiger partial charge in [-0.2, -0.15) is 0 Å². The Morgan fingerprint density at radius 2 is 1.41 bits per heavy atom. The first-order valence-corrected chi connectivity index (χ1v) is 13.6. The smallest absolute Gasteiger partial charge is 0.326 e. The van der Waals surface area contributed by atoms with Gasteiger partial charge in [0, 0.05) is 29.9 Å². The molecule has 0 aliphatic rings. The van der Waals surface area contributed by atoms with Gasteiger partial charge >= 0.3 is 11.9 Å². The number of aromatic amines is 1. The van der Waals surface area contributed by atoms with Crippen molar-refractivity contribution < 1.29 is 44.1 Å². The first-order chi connectivity index (χ1) is 20.8. The number of amides is 4. The number of nitrogens with one attached hydrogen (secondary N) is 4. The van der Waals surface area contributed by atoms with Crippen molar-refractivity contribution in [1.82, 2.24) is 20.9 Å². The van der Waals surface area contributed by atoms with Gasteiger partial charge in [-0.15, -0.1) is 0 Å². The number of carboxylic acid groups (broad SMARTS) is 2. The number of rotatable bonds is 16. The normalized spacial score (nSPS) is 13.7. The number of aliphatic carboxylic acids is 2. The van der Waals surface area contributed by atoms with Gasteiger partial charge in [-0.1, -0.05) is 30.3 Å². The van der Waals surface area contributed by atoms with Crippen LogP contribution in [0.3, 0.4) is 0 Å². The summed E-state index contributed by atoms with van der Waals surface area (Å²) in [5.74, 6) is -6.47. The molecule has 15 heteroatoms. The van der Waals surface area contributed by atoms with Crippen LogP contribution in [0.5, 0.6) is 5.75 Å². The second-order valence-corrected chi connectivity index (χ2v) is 10.2. The molecule has 4 amide bonds.